The summed E-state index contributed by atoms with van der Waals surface area (Å²) < 4.78 is 0. The fourth-order valence-corrected chi connectivity index (χ4v) is 1.60. The molecule has 0 spiro atoms. The zero-order valence-corrected chi connectivity index (χ0v) is 6.94. The monoisotopic (exact) mass is 148 g/mol. The summed E-state index contributed by atoms with van der Waals surface area (Å²) in [5.41, 5.74) is 5.36. The van der Waals surface area contributed by atoms with Gasteiger partial charge in [0.2, 0.25) is 0 Å². The van der Waals surface area contributed by atoms with Crippen LogP contribution >= 0.6 is 0 Å². The van der Waals surface area contributed by atoms with E-state index >= 15 is 0 Å². The predicted octanol–water partition coefficient (Wildman–Crippen LogP) is 1.30. The van der Waals surface area contributed by atoms with Crippen molar-refractivity contribution in [1.82, 2.24) is 10.3 Å². The molecule has 0 unspecified atom stereocenters. The molecular formula is C9H12N2. The molecule has 0 radical (unpaired) electrons. The molecule has 1 aromatic heterocycles. The van der Waals surface area contributed by atoms with Crippen molar-refractivity contribution < 1.29 is 0 Å². The highest BCUT2D eigenvalue weighted by molar-refractivity contribution is 5.37. The lowest BCUT2D eigenvalue weighted by Gasteiger charge is -2.03. The Balaban J connectivity index is 2.64. The molecule has 0 bridgehead atoms. The first-order chi connectivity index (χ1) is 5.29. The van der Waals surface area contributed by atoms with E-state index in [0.717, 1.165) is 13.1 Å². The molecule has 0 atom stereocenters. The lowest BCUT2D eigenvalue weighted by atomic mass is 10.1. The molecule has 0 amide bonds. The minimum Gasteiger partial charge on any atom is -0.309 e. The van der Waals surface area contributed by atoms with Gasteiger partial charge >= 0.3 is 0 Å². The van der Waals surface area contributed by atoms with E-state index in [9.17, 15) is 0 Å². The molecule has 0 aliphatic carbocycles. The van der Waals surface area contributed by atoms with Crippen LogP contribution < -0.4 is 5.32 Å². The van der Waals surface area contributed by atoms with E-state index in [1.54, 1.807) is 0 Å². The van der Waals surface area contributed by atoms with Crippen molar-refractivity contribution >= 4 is 0 Å². The van der Waals surface area contributed by atoms with Gasteiger partial charge < -0.3 is 5.32 Å². The maximum absolute atomic E-state index is 4.31. The van der Waals surface area contributed by atoms with Crippen LogP contribution in [0.1, 0.15) is 22.4 Å². The number of aromatic nitrogens is 1. The first-order valence-corrected chi connectivity index (χ1v) is 3.93. The topological polar surface area (TPSA) is 24.9 Å². The third-order valence-electron chi connectivity index (χ3n) is 2.33. The maximum atomic E-state index is 4.31. The molecular weight excluding hydrogens is 136 g/mol. The summed E-state index contributed by atoms with van der Waals surface area (Å²) in [5.74, 6) is 0. The van der Waals surface area contributed by atoms with Crippen LogP contribution in [0.15, 0.2) is 6.20 Å². The highest BCUT2D eigenvalue weighted by Crippen LogP contribution is 2.20. The summed E-state index contributed by atoms with van der Waals surface area (Å²) in [6.07, 6.45) is 1.96. The fourth-order valence-electron chi connectivity index (χ4n) is 1.60. The first-order valence-electron chi connectivity index (χ1n) is 3.93. The number of nitrogens with zero attached hydrogens (tertiary/aromatic N) is 1. The number of rotatable bonds is 0. The van der Waals surface area contributed by atoms with Crippen LogP contribution in [0.2, 0.25) is 0 Å². The Labute approximate surface area is 66.7 Å². The van der Waals surface area contributed by atoms with Gasteiger partial charge in [0.1, 0.15) is 0 Å². The molecule has 0 aromatic carbocycles. The third-order valence-corrected chi connectivity index (χ3v) is 2.33. The molecule has 2 nitrogen and oxygen atoms in total. The van der Waals surface area contributed by atoms with E-state index in [0.29, 0.717) is 0 Å². The second-order valence-corrected chi connectivity index (χ2v) is 3.09. The average molecular weight is 148 g/mol. The predicted molar refractivity (Wildman–Crippen MR) is 44.3 cm³/mol. The molecule has 0 saturated heterocycles. The Morgan fingerprint density at radius 2 is 2.00 bits per heavy atom. The maximum Gasteiger partial charge on any atom is 0.0421 e. The van der Waals surface area contributed by atoms with Crippen molar-refractivity contribution in [2.45, 2.75) is 26.9 Å². The largest absolute Gasteiger partial charge is 0.309 e. The Morgan fingerprint density at radius 3 is 2.73 bits per heavy atom. The molecule has 2 heteroatoms. The number of hydrogen-bond acceptors (Lipinski definition) is 2. The van der Waals surface area contributed by atoms with E-state index in [2.05, 4.69) is 24.1 Å². The van der Waals surface area contributed by atoms with E-state index in [-0.39, 0.29) is 0 Å². The van der Waals surface area contributed by atoms with E-state index in [1.807, 2.05) is 6.20 Å². The molecule has 0 fully saturated rings. The average Bonchev–Trinajstić information content (AvgIpc) is 2.45. The van der Waals surface area contributed by atoms with Gasteiger partial charge in [-0.1, -0.05) is 0 Å². The molecule has 1 aliphatic heterocycles. The first kappa shape index (κ1) is 6.80. The highest BCUT2D eigenvalue weighted by Gasteiger charge is 2.14. The van der Waals surface area contributed by atoms with Gasteiger partial charge in [0.15, 0.2) is 0 Å². The van der Waals surface area contributed by atoms with E-state index in [1.165, 1.54) is 22.4 Å². The van der Waals surface area contributed by atoms with Crippen molar-refractivity contribution in [1.29, 1.82) is 0 Å². The molecule has 2 heterocycles. The summed E-state index contributed by atoms with van der Waals surface area (Å²) in [5, 5.41) is 3.33. The molecule has 2 rings (SSSR count). The number of hydrogen-bond donors (Lipinski definition) is 1. The van der Waals surface area contributed by atoms with Crippen molar-refractivity contribution in [3.05, 3.63) is 28.6 Å². The second kappa shape index (κ2) is 2.31. The molecule has 58 valence electrons. The Bertz CT molecular complexity index is 263. The van der Waals surface area contributed by atoms with Gasteiger partial charge in [-0.3, -0.25) is 4.98 Å². The second-order valence-electron chi connectivity index (χ2n) is 3.09. The minimum absolute atomic E-state index is 0.996. The normalized spacial score (nSPS) is 15.1. The van der Waals surface area contributed by atoms with Crippen LogP contribution in [0.3, 0.4) is 0 Å². The zero-order chi connectivity index (χ0) is 7.84. The summed E-state index contributed by atoms with van der Waals surface area (Å²) in [7, 11) is 0. The number of nitrogens with one attached hydrogen (secondary N) is 1. The standard InChI is InChI=1S/C9H12N2/c1-6-3-11-7(2)9-5-10-4-8(6)9/h3,10H,4-5H2,1-2H3. The van der Waals surface area contributed by atoms with Crippen molar-refractivity contribution in [2.24, 2.45) is 0 Å². The van der Waals surface area contributed by atoms with Crippen LogP contribution in [0.5, 0.6) is 0 Å². The van der Waals surface area contributed by atoms with Crippen LogP contribution in [0.25, 0.3) is 0 Å². The number of fused-ring (bicyclic) bond motifs is 1. The summed E-state index contributed by atoms with van der Waals surface area (Å²) >= 11 is 0. The Hall–Kier alpha value is -0.890. The summed E-state index contributed by atoms with van der Waals surface area (Å²) in [6, 6.07) is 0. The summed E-state index contributed by atoms with van der Waals surface area (Å²) in [6.45, 7) is 6.21. The van der Waals surface area contributed by atoms with Crippen molar-refractivity contribution in [2.75, 3.05) is 0 Å². The Morgan fingerprint density at radius 1 is 1.27 bits per heavy atom. The van der Waals surface area contributed by atoms with E-state index < -0.39 is 0 Å². The summed E-state index contributed by atoms with van der Waals surface area (Å²) in [4.78, 5) is 4.31. The third kappa shape index (κ3) is 0.942. The van der Waals surface area contributed by atoms with Crippen LogP contribution in [-0.2, 0) is 13.1 Å². The smallest absolute Gasteiger partial charge is 0.0421 e. The van der Waals surface area contributed by atoms with Gasteiger partial charge in [-0.15, -0.1) is 0 Å². The SMILES string of the molecule is Cc1cnc(C)c2c1CNC2. The zero-order valence-electron chi connectivity index (χ0n) is 6.94. The van der Waals surface area contributed by atoms with Crippen LogP contribution in [0, 0.1) is 13.8 Å². The van der Waals surface area contributed by atoms with Gasteiger partial charge in [0.05, 0.1) is 0 Å². The lowest BCUT2D eigenvalue weighted by Crippen LogP contribution is -2.00. The molecule has 1 aliphatic rings. The van der Waals surface area contributed by atoms with Crippen molar-refractivity contribution in [3.8, 4) is 0 Å². The lowest BCUT2D eigenvalue weighted by molar-refractivity contribution is 0.761. The Kier molecular flexibility index (Phi) is 1.43. The van der Waals surface area contributed by atoms with E-state index in [4.69, 9.17) is 0 Å². The van der Waals surface area contributed by atoms with Gasteiger partial charge in [-0.25, -0.2) is 0 Å². The fraction of sp³-hybridized carbons (Fsp3) is 0.444. The highest BCUT2D eigenvalue weighted by atomic mass is 14.9. The van der Waals surface area contributed by atoms with Gasteiger partial charge in [-0.2, -0.15) is 0 Å². The van der Waals surface area contributed by atoms with Crippen LogP contribution in [-0.4, -0.2) is 4.98 Å². The minimum atomic E-state index is 0.996. The molecule has 1 aromatic rings. The van der Waals surface area contributed by atoms with Crippen molar-refractivity contribution in [3.63, 3.8) is 0 Å². The molecule has 0 saturated carbocycles. The molecule has 1 N–H and O–H groups in total. The van der Waals surface area contributed by atoms with Crippen LogP contribution in [0.4, 0.5) is 0 Å². The van der Waals surface area contributed by atoms with Gasteiger partial charge in [-0.05, 0) is 30.5 Å². The number of aryl methyl sites for hydroxylation is 2. The molecule has 11 heavy (non-hydrogen) atoms. The number of pyridine rings is 1. The van der Waals surface area contributed by atoms with Gasteiger partial charge in [0, 0.05) is 25.0 Å². The quantitative estimate of drug-likeness (QED) is 0.600. The van der Waals surface area contributed by atoms with Gasteiger partial charge in [0.25, 0.3) is 0 Å².